The third-order valence-electron chi connectivity index (χ3n) is 2.31. The zero-order valence-electron chi connectivity index (χ0n) is 10.4. The first-order valence-corrected chi connectivity index (χ1v) is 5.22. The monoisotopic (exact) mass is 294 g/mol. The first-order chi connectivity index (χ1) is 9.06. The van der Waals surface area contributed by atoms with Crippen molar-refractivity contribution in [3.8, 4) is 0 Å². The van der Waals surface area contributed by atoms with Crippen LogP contribution >= 0.6 is 0 Å². The number of amides is 2. The lowest BCUT2D eigenvalue weighted by Gasteiger charge is -2.21. The number of benzene rings is 1. The molecule has 0 bridgehead atoms. The highest BCUT2D eigenvalue weighted by Crippen LogP contribution is 2.24. The van der Waals surface area contributed by atoms with Crippen LogP contribution in [0.25, 0.3) is 0 Å². The number of rotatable bonds is 3. The van der Waals surface area contributed by atoms with E-state index in [9.17, 15) is 27.2 Å². The third-order valence-corrected chi connectivity index (χ3v) is 2.31. The summed E-state index contributed by atoms with van der Waals surface area (Å²) in [5.74, 6) is -8.41. The summed E-state index contributed by atoms with van der Waals surface area (Å²) in [5, 5.41) is 12.1. The smallest absolute Gasteiger partial charge is 0.328 e. The van der Waals surface area contributed by atoms with Crippen molar-refractivity contribution in [1.82, 2.24) is 5.32 Å². The topological polar surface area (TPSA) is 78.4 Å². The van der Waals surface area contributed by atoms with Gasteiger partial charge in [0.25, 0.3) is 0 Å². The van der Waals surface area contributed by atoms with E-state index in [1.54, 1.807) is 0 Å². The van der Waals surface area contributed by atoms with Gasteiger partial charge in [-0.2, -0.15) is 0 Å². The average Bonchev–Trinajstić information content (AvgIpc) is 2.31. The van der Waals surface area contributed by atoms with Crippen LogP contribution in [0.4, 0.5) is 28.0 Å². The standard InChI is InChI=1S/C11H10F4N2O3/c1-11(2,9(18)19)17-10(20)16-8-6(14)4(12)3-5(13)7(8)15/h3H,1-2H3,(H,18,19)(H2,16,17,20). The fourth-order valence-electron chi connectivity index (χ4n) is 1.16. The Labute approximate surface area is 110 Å². The van der Waals surface area contributed by atoms with E-state index in [1.165, 1.54) is 5.32 Å². The van der Waals surface area contributed by atoms with Crippen molar-refractivity contribution < 1.29 is 32.3 Å². The van der Waals surface area contributed by atoms with Crippen LogP contribution in [0, 0.1) is 23.3 Å². The van der Waals surface area contributed by atoms with E-state index in [0.29, 0.717) is 0 Å². The van der Waals surface area contributed by atoms with Gasteiger partial charge in [-0.1, -0.05) is 0 Å². The number of carbonyl (C=O) groups excluding carboxylic acids is 1. The highest BCUT2D eigenvalue weighted by atomic mass is 19.2. The van der Waals surface area contributed by atoms with Crippen LogP contribution in [0.5, 0.6) is 0 Å². The number of anilines is 1. The van der Waals surface area contributed by atoms with Gasteiger partial charge in [0.05, 0.1) is 0 Å². The molecule has 20 heavy (non-hydrogen) atoms. The van der Waals surface area contributed by atoms with Crippen molar-refractivity contribution in [2.45, 2.75) is 19.4 Å². The summed E-state index contributed by atoms with van der Waals surface area (Å²) in [6, 6.07) is -1.35. The van der Waals surface area contributed by atoms with Crippen molar-refractivity contribution in [1.29, 1.82) is 0 Å². The maximum atomic E-state index is 13.3. The molecule has 9 heteroatoms. The summed E-state index contributed by atoms with van der Waals surface area (Å²) in [7, 11) is 0. The summed E-state index contributed by atoms with van der Waals surface area (Å²) < 4.78 is 52.3. The van der Waals surface area contributed by atoms with E-state index in [2.05, 4.69) is 0 Å². The largest absolute Gasteiger partial charge is 0.480 e. The van der Waals surface area contributed by atoms with Crippen molar-refractivity contribution in [3.63, 3.8) is 0 Å². The lowest BCUT2D eigenvalue weighted by atomic mass is 10.1. The van der Waals surface area contributed by atoms with E-state index in [1.807, 2.05) is 5.32 Å². The van der Waals surface area contributed by atoms with Gasteiger partial charge in [-0.05, 0) is 13.8 Å². The van der Waals surface area contributed by atoms with Gasteiger partial charge in [-0.25, -0.2) is 27.2 Å². The molecule has 1 rings (SSSR count). The Kier molecular flexibility index (Phi) is 4.21. The van der Waals surface area contributed by atoms with E-state index in [4.69, 9.17) is 5.11 Å². The average molecular weight is 294 g/mol. The maximum Gasteiger partial charge on any atom is 0.328 e. The van der Waals surface area contributed by atoms with Gasteiger partial charge in [0.1, 0.15) is 11.2 Å². The molecule has 3 N–H and O–H groups in total. The molecule has 0 atom stereocenters. The normalized spacial score (nSPS) is 11.1. The van der Waals surface area contributed by atoms with Gasteiger partial charge in [-0.3, -0.25) is 0 Å². The number of aliphatic carboxylic acids is 1. The lowest BCUT2D eigenvalue weighted by molar-refractivity contribution is -0.142. The Morgan fingerprint density at radius 3 is 1.95 bits per heavy atom. The summed E-state index contributed by atoms with van der Waals surface area (Å²) in [6.45, 7) is 2.21. The van der Waals surface area contributed by atoms with Crippen LogP contribution in [-0.4, -0.2) is 22.6 Å². The molecule has 0 aromatic heterocycles. The molecule has 5 nitrogen and oxygen atoms in total. The number of hydrogen-bond donors (Lipinski definition) is 3. The Morgan fingerprint density at radius 1 is 1.10 bits per heavy atom. The lowest BCUT2D eigenvalue weighted by Crippen LogP contribution is -2.51. The second kappa shape index (κ2) is 5.35. The van der Waals surface area contributed by atoms with Gasteiger partial charge < -0.3 is 15.7 Å². The SMILES string of the molecule is CC(C)(NC(=O)Nc1c(F)c(F)cc(F)c1F)C(=O)O. The molecule has 1 aromatic carbocycles. The van der Waals surface area contributed by atoms with Crippen LogP contribution in [-0.2, 0) is 4.79 Å². The number of carboxylic acids is 1. The van der Waals surface area contributed by atoms with Crippen LogP contribution in [0.2, 0.25) is 0 Å². The predicted octanol–water partition coefficient (Wildman–Crippen LogP) is 2.23. The number of urea groups is 1. The summed E-state index contributed by atoms with van der Waals surface area (Å²) in [4.78, 5) is 22.1. The quantitative estimate of drug-likeness (QED) is 0.591. The predicted molar refractivity (Wildman–Crippen MR) is 60.1 cm³/mol. The van der Waals surface area contributed by atoms with Crippen molar-refractivity contribution >= 4 is 17.7 Å². The van der Waals surface area contributed by atoms with Crippen LogP contribution in [0.1, 0.15) is 13.8 Å². The first kappa shape index (κ1) is 15.7. The molecule has 0 radical (unpaired) electrons. The second-order valence-electron chi connectivity index (χ2n) is 4.35. The van der Waals surface area contributed by atoms with E-state index in [0.717, 1.165) is 13.8 Å². The fourth-order valence-corrected chi connectivity index (χ4v) is 1.16. The molecule has 1 aromatic rings. The molecule has 2 amide bonds. The zero-order valence-corrected chi connectivity index (χ0v) is 10.4. The van der Waals surface area contributed by atoms with Crippen LogP contribution in [0.15, 0.2) is 6.07 Å². The minimum atomic E-state index is -1.80. The van der Waals surface area contributed by atoms with Crippen molar-refractivity contribution in [2.75, 3.05) is 5.32 Å². The molecule has 0 unspecified atom stereocenters. The molecular formula is C11H10F4N2O3. The van der Waals surface area contributed by atoms with Crippen molar-refractivity contribution in [2.24, 2.45) is 0 Å². The minimum absolute atomic E-state index is 0.0189. The molecule has 0 saturated heterocycles. The Bertz CT molecular complexity index is 549. The maximum absolute atomic E-state index is 13.3. The molecule has 0 spiro atoms. The number of carboxylic acid groups (broad SMARTS) is 1. The first-order valence-electron chi connectivity index (χ1n) is 5.22. The molecule has 0 aliphatic carbocycles. The molecule has 0 aliphatic heterocycles. The molecule has 110 valence electrons. The molecule has 0 heterocycles. The Morgan fingerprint density at radius 2 is 1.55 bits per heavy atom. The Balaban J connectivity index is 3.01. The number of carbonyl (C=O) groups is 2. The number of hydrogen-bond acceptors (Lipinski definition) is 2. The van der Waals surface area contributed by atoms with Gasteiger partial charge in [0, 0.05) is 6.07 Å². The molecule has 0 aliphatic rings. The number of nitrogens with one attached hydrogen (secondary N) is 2. The molecular weight excluding hydrogens is 284 g/mol. The van der Waals surface area contributed by atoms with Crippen LogP contribution < -0.4 is 10.6 Å². The fraction of sp³-hybridized carbons (Fsp3) is 0.273. The van der Waals surface area contributed by atoms with E-state index in [-0.39, 0.29) is 6.07 Å². The van der Waals surface area contributed by atoms with Gasteiger partial charge in [-0.15, -0.1) is 0 Å². The van der Waals surface area contributed by atoms with Crippen LogP contribution in [0.3, 0.4) is 0 Å². The van der Waals surface area contributed by atoms with E-state index >= 15 is 0 Å². The minimum Gasteiger partial charge on any atom is -0.480 e. The van der Waals surface area contributed by atoms with Gasteiger partial charge in [0.2, 0.25) is 0 Å². The summed E-state index contributed by atoms with van der Waals surface area (Å²) >= 11 is 0. The van der Waals surface area contributed by atoms with E-state index < -0.39 is 46.5 Å². The molecule has 0 fully saturated rings. The number of halogens is 4. The highest BCUT2D eigenvalue weighted by molar-refractivity contribution is 5.93. The summed E-state index contributed by atoms with van der Waals surface area (Å²) in [5.41, 5.74) is -3.09. The van der Waals surface area contributed by atoms with Crippen molar-refractivity contribution in [3.05, 3.63) is 29.3 Å². The second-order valence-corrected chi connectivity index (χ2v) is 4.35. The van der Waals surface area contributed by atoms with Gasteiger partial charge in [0.15, 0.2) is 23.3 Å². The summed E-state index contributed by atoms with van der Waals surface area (Å²) in [6.07, 6.45) is 0. The Hall–Kier alpha value is -2.32. The van der Waals surface area contributed by atoms with Gasteiger partial charge >= 0.3 is 12.0 Å². The third kappa shape index (κ3) is 3.16. The highest BCUT2D eigenvalue weighted by Gasteiger charge is 2.30. The molecule has 0 saturated carbocycles. The zero-order chi connectivity index (χ0) is 15.7.